The molecular weight excluding hydrogens is 114 g/mol. The third-order valence-electron chi connectivity index (χ3n) is 0.861. The highest BCUT2D eigenvalue weighted by Gasteiger charge is 2.21. The van der Waals surface area contributed by atoms with E-state index >= 15 is 0 Å². The van der Waals surface area contributed by atoms with Crippen LogP contribution in [0.5, 0.6) is 0 Å². The Bertz CT molecular complexity index is 74.1. The Kier molecular flexibility index (Phi) is 2.25. The third-order valence-corrected chi connectivity index (χ3v) is 0.861. The zero-order chi connectivity index (χ0) is 7.71. The van der Waals surface area contributed by atoms with Gasteiger partial charge in [0.1, 0.15) is 12.1 Å². The zero-order valence-corrected chi connectivity index (χ0v) is 7.10. The molecule has 0 saturated heterocycles. The standard InChI is InChI=1S/C7H18NO/c1-7(2,9)6-8(3,4)5/h9H,6H2,1-5H3/q+1. The number of hydrogen-bond donors (Lipinski definition) is 1. The molecule has 0 bridgehead atoms. The van der Waals surface area contributed by atoms with Crippen molar-refractivity contribution >= 4 is 0 Å². The molecule has 0 aliphatic rings. The Balaban J connectivity index is 3.75. The topological polar surface area (TPSA) is 20.2 Å². The van der Waals surface area contributed by atoms with Crippen LogP contribution in [0.2, 0.25) is 0 Å². The van der Waals surface area contributed by atoms with E-state index in [2.05, 4.69) is 21.1 Å². The Labute approximate surface area is 57.7 Å². The lowest BCUT2D eigenvalue weighted by Crippen LogP contribution is -2.45. The van der Waals surface area contributed by atoms with E-state index in [0.29, 0.717) is 0 Å². The molecule has 0 rings (SSSR count). The van der Waals surface area contributed by atoms with E-state index in [-0.39, 0.29) is 0 Å². The van der Waals surface area contributed by atoms with Crippen LogP contribution in [0.25, 0.3) is 0 Å². The molecular formula is C7H18NO+. The van der Waals surface area contributed by atoms with Crippen LogP contribution >= 0.6 is 0 Å². The fourth-order valence-corrected chi connectivity index (χ4v) is 1.16. The summed E-state index contributed by atoms with van der Waals surface area (Å²) in [4.78, 5) is 0. The minimum absolute atomic E-state index is 0.543. The lowest BCUT2D eigenvalue weighted by Gasteiger charge is -2.30. The minimum Gasteiger partial charge on any atom is -0.385 e. The van der Waals surface area contributed by atoms with Crippen molar-refractivity contribution in [3.05, 3.63) is 0 Å². The summed E-state index contributed by atoms with van der Waals surface area (Å²) in [6.07, 6.45) is 0. The van der Waals surface area contributed by atoms with Crippen LogP contribution in [-0.2, 0) is 0 Å². The van der Waals surface area contributed by atoms with E-state index in [1.807, 2.05) is 13.8 Å². The van der Waals surface area contributed by atoms with Gasteiger partial charge in [-0.3, -0.25) is 0 Å². The predicted octanol–water partition coefficient (Wildman–Crippen LogP) is 0.464. The van der Waals surface area contributed by atoms with E-state index in [0.717, 1.165) is 11.0 Å². The molecule has 0 heterocycles. The number of nitrogens with zero attached hydrogens (tertiary/aromatic N) is 1. The number of hydrogen-bond acceptors (Lipinski definition) is 1. The van der Waals surface area contributed by atoms with Gasteiger partial charge >= 0.3 is 0 Å². The van der Waals surface area contributed by atoms with Gasteiger partial charge in [-0.05, 0) is 13.8 Å². The van der Waals surface area contributed by atoms with E-state index in [9.17, 15) is 5.11 Å². The summed E-state index contributed by atoms with van der Waals surface area (Å²) in [5, 5.41) is 9.34. The summed E-state index contributed by atoms with van der Waals surface area (Å²) in [5.74, 6) is 0. The normalized spacial score (nSPS) is 14.0. The predicted molar refractivity (Wildman–Crippen MR) is 39.2 cm³/mol. The SMILES string of the molecule is CC(C)(O)C[N+](C)(C)C. The van der Waals surface area contributed by atoms with E-state index in [4.69, 9.17) is 0 Å². The van der Waals surface area contributed by atoms with Crippen molar-refractivity contribution in [3.63, 3.8) is 0 Å². The monoisotopic (exact) mass is 132 g/mol. The highest BCUT2D eigenvalue weighted by molar-refractivity contribution is 4.62. The van der Waals surface area contributed by atoms with E-state index < -0.39 is 5.60 Å². The summed E-state index contributed by atoms with van der Waals surface area (Å²) < 4.78 is 0.809. The van der Waals surface area contributed by atoms with Crippen LogP contribution in [0.15, 0.2) is 0 Å². The van der Waals surface area contributed by atoms with Gasteiger partial charge in [-0.25, -0.2) is 0 Å². The van der Waals surface area contributed by atoms with Crippen molar-refractivity contribution in [2.75, 3.05) is 27.7 Å². The zero-order valence-electron chi connectivity index (χ0n) is 7.10. The van der Waals surface area contributed by atoms with Crippen molar-refractivity contribution in [2.24, 2.45) is 0 Å². The molecule has 2 nitrogen and oxygen atoms in total. The summed E-state index contributed by atoms with van der Waals surface area (Å²) in [6.45, 7) is 4.44. The average molecular weight is 132 g/mol. The lowest BCUT2D eigenvalue weighted by molar-refractivity contribution is -0.876. The Morgan fingerprint density at radius 1 is 1.22 bits per heavy atom. The van der Waals surface area contributed by atoms with Gasteiger partial charge in [0.25, 0.3) is 0 Å². The largest absolute Gasteiger partial charge is 0.385 e. The maximum absolute atomic E-state index is 9.34. The van der Waals surface area contributed by atoms with Gasteiger partial charge in [0.15, 0.2) is 0 Å². The molecule has 0 aromatic carbocycles. The fraction of sp³-hybridized carbons (Fsp3) is 1.00. The van der Waals surface area contributed by atoms with E-state index in [1.54, 1.807) is 0 Å². The van der Waals surface area contributed by atoms with Crippen LogP contribution in [0.4, 0.5) is 0 Å². The summed E-state index contributed by atoms with van der Waals surface area (Å²) in [6, 6.07) is 0. The first-order valence-corrected chi connectivity index (χ1v) is 3.24. The first kappa shape index (κ1) is 8.92. The van der Waals surface area contributed by atoms with Crippen molar-refractivity contribution in [1.82, 2.24) is 0 Å². The number of rotatable bonds is 2. The molecule has 2 heteroatoms. The number of likely N-dealkylation sites (N-methyl/N-ethyl adjacent to an activating group) is 1. The quantitative estimate of drug-likeness (QED) is 0.541. The average Bonchev–Trinajstić information content (AvgIpc) is 1.14. The highest BCUT2D eigenvalue weighted by atomic mass is 16.3. The van der Waals surface area contributed by atoms with E-state index in [1.165, 1.54) is 0 Å². The molecule has 0 aliphatic heterocycles. The Hall–Kier alpha value is -0.0800. The second kappa shape index (κ2) is 2.27. The number of aliphatic hydroxyl groups is 1. The summed E-state index contributed by atoms with van der Waals surface area (Å²) in [7, 11) is 6.20. The van der Waals surface area contributed by atoms with Gasteiger partial charge in [0.05, 0.1) is 21.1 Å². The second-order valence-corrected chi connectivity index (χ2v) is 4.26. The van der Waals surface area contributed by atoms with Crippen LogP contribution in [0.1, 0.15) is 13.8 Å². The molecule has 0 unspecified atom stereocenters. The molecule has 1 N–H and O–H groups in total. The minimum atomic E-state index is -0.543. The first-order valence-electron chi connectivity index (χ1n) is 3.24. The molecule has 0 spiro atoms. The van der Waals surface area contributed by atoms with Crippen LogP contribution in [0, 0.1) is 0 Å². The van der Waals surface area contributed by atoms with Crippen LogP contribution < -0.4 is 0 Å². The van der Waals surface area contributed by atoms with Gasteiger partial charge < -0.3 is 9.59 Å². The molecule has 0 amide bonds. The second-order valence-electron chi connectivity index (χ2n) is 4.26. The van der Waals surface area contributed by atoms with Crippen LogP contribution in [-0.4, -0.2) is 42.9 Å². The van der Waals surface area contributed by atoms with Crippen molar-refractivity contribution < 1.29 is 9.59 Å². The highest BCUT2D eigenvalue weighted by Crippen LogP contribution is 2.05. The van der Waals surface area contributed by atoms with Crippen molar-refractivity contribution in [1.29, 1.82) is 0 Å². The molecule has 9 heavy (non-hydrogen) atoms. The maximum Gasteiger partial charge on any atom is 0.108 e. The van der Waals surface area contributed by atoms with Gasteiger partial charge in [-0.2, -0.15) is 0 Å². The fourth-order valence-electron chi connectivity index (χ4n) is 1.16. The molecule has 0 fully saturated rings. The molecule has 0 aromatic rings. The maximum atomic E-state index is 9.34. The molecule has 0 radical (unpaired) electrons. The smallest absolute Gasteiger partial charge is 0.108 e. The van der Waals surface area contributed by atoms with Gasteiger partial charge in [-0.1, -0.05) is 0 Å². The summed E-state index contributed by atoms with van der Waals surface area (Å²) >= 11 is 0. The van der Waals surface area contributed by atoms with Crippen LogP contribution in [0.3, 0.4) is 0 Å². The van der Waals surface area contributed by atoms with Gasteiger partial charge in [0.2, 0.25) is 0 Å². The first-order chi connectivity index (χ1) is 3.71. The molecule has 56 valence electrons. The molecule has 0 atom stereocenters. The molecule has 0 saturated carbocycles. The van der Waals surface area contributed by atoms with Gasteiger partial charge in [-0.15, -0.1) is 0 Å². The van der Waals surface area contributed by atoms with Crippen molar-refractivity contribution in [2.45, 2.75) is 19.4 Å². The Morgan fingerprint density at radius 2 is 1.56 bits per heavy atom. The lowest BCUT2D eigenvalue weighted by atomic mass is 10.1. The molecule has 0 aliphatic carbocycles. The Morgan fingerprint density at radius 3 is 1.56 bits per heavy atom. The van der Waals surface area contributed by atoms with Crippen molar-refractivity contribution in [3.8, 4) is 0 Å². The summed E-state index contributed by atoms with van der Waals surface area (Å²) in [5.41, 5.74) is -0.543. The molecule has 0 aromatic heterocycles. The number of quaternary nitrogens is 1. The third kappa shape index (κ3) is 7.92. The van der Waals surface area contributed by atoms with Gasteiger partial charge in [0, 0.05) is 0 Å².